The van der Waals surface area contributed by atoms with Crippen molar-refractivity contribution in [3.63, 3.8) is 0 Å². The van der Waals surface area contributed by atoms with Crippen LogP contribution in [0, 0.1) is 5.92 Å². The Bertz CT molecular complexity index is 365. The number of nitrogens with zero attached hydrogens (tertiary/aromatic N) is 1. The molecule has 0 aromatic carbocycles. The van der Waals surface area contributed by atoms with Gasteiger partial charge >= 0.3 is 0 Å². The summed E-state index contributed by atoms with van der Waals surface area (Å²) in [6, 6.07) is 5.52. The first-order valence-electron chi connectivity index (χ1n) is 7.69. The van der Waals surface area contributed by atoms with Crippen molar-refractivity contribution in [2.75, 3.05) is 13.2 Å². The maximum absolute atomic E-state index is 9.89. The van der Waals surface area contributed by atoms with Crippen LogP contribution in [0.5, 0.6) is 5.88 Å². The molecule has 0 aliphatic carbocycles. The second-order valence-electron chi connectivity index (χ2n) is 5.25. The van der Waals surface area contributed by atoms with E-state index in [2.05, 4.69) is 18.8 Å². The fourth-order valence-corrected chi connectivity index (χ4v) is 2.33. The van der Waals surface area contributed by atoms with Crippen LogP contribution in [0.4, 0.5) is 0 Å². The van der Waals surface area contributed by atoms with Gasteiger partial charge in [0.1, 0.15) is 0 Å². The maximum atomic E-state index is 9.89. The smallest absolute Gasteiger partial charge is 0.213 e. The van der Waals surface area contributed by atoms with Crippen LogP contribution in [0.1, 0.15) is 57.7 Å². The van der Waals surface area contributed by atoms with Crippen molar-refractivity contribution in [2.24, 2.45) is 11.7 Å². The van der Waals surface area contributed by atoms with Crippen LogP contribution in [-0.2, 0) is 0 Å². The van der Waals surface area contributed by atoms with Gasteiger partial charge in [-0.05, 0) is 37.8 Å². The van der Waals surface area contributed by atoms with Crippen LogP contribution in [-0.4, -0.2) is 23.2 Å². The summed E-state index contributed by atoms with van der Waals surface area (Å²) >= 11 is 0. The van der Waals surface area contributed by atoms with Crippen LogP contribution in [0.3, 0.4) is 0 Å². The van der Waals surface area contributed by atoms with Gasteiger partial charge in [0.25, 0.3) is 0 Å². The molecule has 1 unspecified atom stereocenters. The highest BCUT2D eigenvalue weighted by Gasteiger charge is 2.11. The summed E-state index contributed by atoms with van der Waals surface area (Å²) in [6.07, 6.45) is 4.63. The molecule has 20 heavy (non-hydrogen) atoms. The Morgan fingerprint density at radius 3 is 2.50 bits per heavy atom. The highest BCUT2D eigenvalue weighted by Crippen LogP contribution is 2.19. The lowest BCUT2D eigenvalue weighted by Gasteiger charge is -2.16. The number of ether oxygens (including phenoxy) is 1. The lowest BCUT2D eigenvalue weighted by Crippen LogP contribution is -2.13. The van der Waals surface area contributed by atoms with Gasteiger partial charge in [-0.25, -0.2) is 4.98 Å². The molecule has 0 saturated carbocycles. The minimum Gasteiger partial charge on any atom is -0.477 e. The first kappa shape index (κ1) is 16.9. The molecule has 0 saturated heterocycles. The Kier molecular flexibility index (Phi) is 8.23. The second-order valence-corrected chi connectivity index (χ2v) is 5.25. The van der Waals surface area contributed by atoms with Gasteiger partial charge in [-0.1, -0.05) is 32.8 Å². The molecule has 0 spiro atoms. The van der Waals surface area contributed by atoms with Crippen molar-refractivity contribution >= 4 is 0 Å². The van der Waals surface area contributed by atoms with Crippen LogP contribution < -0.4 is 10.5 Å². The lowest BCUT2D eigenvalue weighted by atomic mass is 9.99. The number of hydrogen-bond acceptors (Lipinski definition) is 4. The normalized spacial score (nSPS) is 12.7. The van der Waals surface area contributed by atoms with Gasteiger partial charge in [0.15, 0.2) is 0 Å². The van der Waals surface area contributed by atoms with Crippen LogP contribution >= 0.6 is 0 Å². The molecular formula is C16H28N2O2. The predicted molar refractivity (Wildman–Crippen MR) is 81.7 cm³/mol. The van der Waals surface area contributed by atoms with E-state index in [1.807, 2.05) is 18.2 Å². The van der Waals surface area contributed by atoms with E-state index >= 15 is 0 Å². The number of rotatable bonds is 10. The molecule has 1 heterocycles. The molecule has 4 heteroatoms. The third-order valence-corrected chi connectivity index (χ3v) is 3.39. The monoisotopic (exact) mass is 280 g/mol. The summed E-state index contributed by atoms with van der Waals surface area (Å²) in [7, 11) is 0. The summed E-state index contributed by atoms with van der Waals surface area (Å²) in [4.78, 5) is 4.36. The van der Waals surface area contributed by atoms with E-state index < -0.39 is 6.10 Å². The van der Waals surface area contributed by atoms with Gasteiger partial charge in [-0.2, -0.15) is 0 Å². The third-order valence-electron chi connectivity index (χ3n) is 3.39. The fourth-order valence-electron chi connectivity index (χ4n) is 2.33. The molecule has 0 aliphatic heterocycles. The zero-order chi connectivity index (χ0) is 14.8. The van der Waals surface area contributed by atoms with Gasteiger partial charge in [0.05, 0.1) is 18.4 Å². The van der Waals surface area contributed by atoms with E-state index in [4.69, 9.17) is 10.5 Å². The number of aliphatic hydroxyl groups excluding tert-OH is 1. The number of hydrogen-bond donors (Lipinski definition) is 2. The van der Waals surface area contributed by atoms with E-state index in [1.165, 1.54) is 25.7 Å². The van der Waals surface area contributed by atoms with Crippen LogP contribution in [0.15, 0.2) is 18.2 Å². The van der Waals surface area contributed by atoms with Gasteiger partial charge in [0.2, 0.25) is 5.88 Å². The van der Waals surface area contributed by atoms with Crippen molar-refractivity contribution in [1.29, 1.82) is 0 Å². The Balaban J connectivity index is 2.56. The van der Waals surface area contributed by atoms with E-state index in [-0.39, 0.29) is 0 Å². The quantitative estimate of drug-likeness (QED) is 0.691. The summed E-state index contributed by atoms with van der Waals surface area (Å²) < 4.78 is 5.79. The molecule has 4 nitrogen and oxygen atoms in total. The van der Waals surface area contributed by atoms with E-state index in [0.717, 1.165) is 0 Å². The van der Waals surface area contributed by atoms with Crippen LogP contribution in [0.25, 0.3) is 0 Å². The van der Waals surface area contributed by atoms with Crippen molar-refractivity contribution in [3.8, 4) is 5.88 Å². The van der Waals surface area contributed by atoms with Crippen molar-refractivity contribution < 1.29 is 9.84 Å². The second kappa shape index (κ2) is 9.72. The summed E-state index contributed by atoms with van der Waals surface area (Å²) in [5, 5.41) is 9.89. The van der Waals surface area contributed by atoms with E-state index in [0.29, 0.717) is 37.1 Å². The largest absolute Gasteiger partial charge is 0.477 e. The highest BCUT2D eigenvalue weighted by atomic mass is 16.5. The maximum Gasteiger partial charge on any atom is 0.213 e. The molecule has 1 aromatic rings. The SMILES string of the molecule is CCCC(CCC)COc1cccc(C(O)CCN)n1. The van der Waals surface area contributed by atoms with E-state index in [9.17, 15) is 5.11 Å². The zero-order valence-corrected chi connectivity index (χ0v) is 12.7. The van der Waals surface area contributed by atoms with Crippen molar-refractivity contribution in [3.05, 3.63) is 23.9 Å². The number of aliphatic hydroxyl groups is 1. The van der Waals surface area contributed by atoms with Gasteiger partial charge < -0.3 is 15.6 Å². The first-order chi connectivity index (χ1) is 9.71. The highest BCUT2D eigenvalue weighted by molar-refractivity contribution is 5.17. The van der Waals surface area contributed by atoms with Crippen molar-refractivity contribution in [2.45, 2.75) is 52.1 Å². The molecule has 0 radical (unpaired) electrons. The molecule has 0 fully saturated rings. The standard InChI is InChI=1S/C16H28N2O2/c1-3-6-13(7-4-2)12-20-16-9-5-8-14(18-16)15(19)10-11-17/h5,8-9,13,15,19H,3-4,6-7,10-12,17H2,1-2H3. The third kappa shape index (κ3) is 5.88. The average Bonchev–Trinajstić information content (AvgIpc) is 2.46. The average molecular weight is 280 g/mol. The van der Waals surface area contributed by atoms with Gasteiger partial charge in [-0.15, -0.1) is 0 Å². The predicted octanol–water partition coefficient (Wildman–Crippen LogP) is 3.06. The summed E-state index contributed by atoms with van der Waals surface area (Å²) in [5.41, 5.74) is 6.09. The molecule has 1 aromatic heterocycles. The van der Waals surface area contributed by atoms with Crippen LogP contribution in [0.2, 0.25) is 0 Å². The number of nitrogens with two attached hydrogens (primary N) is 1. The molecule has 114 valence electrons. The Morgan fingerprint density at radius 1 is 1.20 bits per heavy atom. The number of pyridine rings is 1. The number of aromatic nitrogens is 1. The van der Waals surface area contributed by atoms with Gasteiger partial charge in [-0.3, -0.25) is 0 Å². The lowest BCUT2D eigenvalue weighted by molar-refractivity contribution is 0.162. The van der Waals surface area contributed by atoms with Gasteiger partial charge in [0, 0.05) is 6.07 Å². The fraction of sp³-hybridized carbons (Fsp3) is 0.688. The minimum absolute atomic E-state index is 0.447. The molecule has 0 amide bonds. The molecule has 0 aliphatic rings. The zero-order valence-electron chi connectivity index (χ0n) is 12.7. The molecular weight excluding hydrogens is 252 g/mol. The molecule has 3 N–H and O–H groups in total. The van der Waals surface area contributed by atoms with Crippen molar-refractivity contribution in [1.82, 2.24) is 4.98 Å². The Morgan fingerprint density at radius 2 is 1.90 bits per heavy atom. The summed E-state index contributed by atoms with van der Waals surface area (Å²) in [6.45, 7) is 5.55. The Labute approximate surface area is 122 Å². The molecule has 1 rings (SSSR count). The summed E-state index contributed by atoms with van der Waals surface area (Å²) in [5.74, 6) is 1.18. The molecule has 1 atom stereocenters. The topological polar surface area (TPSA) is 68.4 Å². The minimum atomic E-state index is -0.606. The first-order valence-corrected chi connectivity index (χ1v) is 7.69. The van der Waals surface area contributed by atoms with E-state index in [1.54, 1.807) is 0 Å². The Hall–Kier alpha value is -1.13. The molecule has 0 bridgehead atoms.